The van der Waals surface area contributed by atoms with E-state index in [9.17, 15) is 9.59 Å². The van der Waals surface area contributed by atoms with Crippen LogP contribution in [0.3, 0.4) is 0 Å². The Balaban J connectivity index is 2.01. The predicted molar refractivity (Wildman–Crippen MR) is 97.4 cm³/mol. The van der Waals surface area contributed by atoms with Crippen molar-refractivity contribution in [3.05, 3.63) is 16.9 Å². The summed E-state index contributed by atoms with van der Waals surface area (Å²) in [6.07, 6.45) is 2.97. The molecule has 1 fully saturated rings. The van der Waals surface area contributed by atoms with Gasteiger partial charge in [0, 0.05) is 18.2 Å². The maximum atomic E-state index is 12.0. The van der Waals surface area contributed by atoms with Crippen LogP contribution in [0, 0.1) is 0 Å². The molecule has 8 nitrogen and oxygen atoms in total. The van der Waals surface area contributed by atoms with E-state index in [2.05, 4.69) is 20.8 Å². The molecule has 1 aromatic rings. The minimum atomic E-state index is -0.587. The Morgan fingerprint density at radius 1 is 1.23 bits per heavy atom. The molecule has 0 radical (unpaired) electrons. The number of carbonyl (C=O) groups excluding carboxylic acids is 2. The summed E-state index contributed by atoms with van der Waals surface area (Å²) in [4.78, 5) is 23.8. The van der Waals surface area contributed by atoms with Crippen molar-refractivity contribution in [1.82, 2.24) is 15.5 Å². The molecule has 2 rings (SSSR count). The van der Waals surface area contributed by atoms with Crippen molar-refractivity contribution in [2.45, 2.75) is 64.1 Å². The lowest BCUT2D eigenvalue weighted by Crippen LogP contribution is -2.44. The van der Waals surface area contributed by atoms with Gasteiger partial charge < -0.3 is 20.1 Å². The molecule has 2 unspecified atom stereocenters. The van der Waals surface area contributed by atoms with Gasteiger partial charge in [-0.1, -0.05) is 11.6 Å². The summed E-state index contributed by atoms with van der Waals surface area (Å²) in [6, 6.07) is 1.58. The highest BCUT2D eigenvalue weighted by molar-refractivity contribution is 6.29. The largest absolute Gasteiger partial charge is 0.464 e. The van der Waals surface area contributed by atoms with E-state index < -0.39 is 17.7 Å². The summed E-state index contributed by atoms with van der Waals surface area (Å²) in [5.41, 5.74) is 0.0181. The summed E-state index contributed by atoms with van der Waals surface area (Å²) in [7, 11) is 1.28. The van der Waals surface area contributed by atoms with Crippen LogP contribution in [-0.2, 0) is 9.47 Å². The molecule has 0 bridgehead atoms. The molecule has 144 valence electrons. The fourth-order valence-electron chi connectivity index (χ4n) is 2.87. The van der Waals surface area contributed by atoms with Crippen molar-refractivity contribution in [3.8, 4) is 0 Å². The number of halogens is 1. The zero-order valence-electron chi connectivity index (χ0n) is 15.5. The first-order chi connectivity index (χ1) is 12.2. The van der Waals surface area contributed by atoms with E-state index in [4.69, 9.17) is 21.1 Å². The summed E-state index contributed by atoms with van der Waals surface area (Å²) < 4.78 is 10.0. The number of hydrogen-bond acceptors (Lipinski definition) is 7. The Bertz CT molecular complexity index is 663. The van der Waals surface area contributed by atoms with E-state index in [1.54, 1.807) is 6.07 Å². The van der Waals surface area contributed by atoms with E-state index in [0.717, 1.165) is 19.3 Å². The van der Waals surface area contributed by atoms with Gasteiger partial charge in [0.25, 0.3) is 0 Å². The molecule has 9 heteroatoms. The Morgan fingerprint density at radius 3 is 2.58 bits per heavy atom. The number of methoxy groups -OCH3 is 1. The Morgan fingerprint density at radius 2 is 1.92 bits per heavy atom. The molecular weight excluding hydrogens is 360 g/mol. The number of nitrogens with one attached hydrogen (secondary N) is 2. The van der Waals surface area contributed by atoms with Crippen molar-refractivity contribution in [3.63, 3.8) is 0 Å². The maximum absolute atomic E-state index is 12.0. The first kappa shape index (κ1) is 20.2. The number of rotatable bonds is 4. The average molecular weight is 385 g/mol. The first-order valence-corrected chi connectivity index (χ1v) is 8.93. The smallest absolute Gasteiger partial charge is 0.407 e. The highest BCUT2D eigenvalue weighted by Crippen LogP contribution is 2.25. The molecule has 0 spiro atoms. The molecule has 1 amide bonds. The van der Waals surface area contributed by atoms with Crippen LogP contribution in [0.4, 0.5) is 10.5 Å². The van der Waals surface area contributed by atoms with Crippen molar-refractivity contribution >= 4 is 29.4 Å². The van der Waals surface area contributed by atoms with Crippen LogP contribution in [0.1, 0.15) is 56.9 Å². The molecule has 0 aromatic carbocycles. The Hall–Kier alpha value is -2.09. The number of alkyl carbamates (subject to hydrolysis) is 1. The maximum Gasteiger partial charge on any atom is 0.407 e. The predicted octanol–water partition coefficient (Wildman–Crippen LogP) is 3.16. The quantitative estimate of drug-likeness (QED) is 0.768. The lowest BCUT2D eigenvalue weighted by atomic mass is 9.91. The van der Waals surface area contributed by atoms with Gasteiger partial charge in [-0.15, -0.1) is 10.2 Å². The van der Waals surface area contributed by atoms with Crippen molar-refractivity contribution < 1.29 is 19.1 Å². The van der Waals surface area contributed by atoms with Crippen LogP contribution < -0.4 is 10.6 Å². The summed E-state index contributed by atoms with van der Waals surface area (Å²) in [5.74, 6) is -0.587. The van der Waals surface area contributed by atoms with Gasteiger partial charge in [0.1, 0.15) is 5.60 Å². The topological polar surface area (TPSA) is 102 Å². The minimum Gasteiger partial charge on any atom is -0.464 e. The number of hydrogen-bond donors (Lipinski definition) is 2. The highest BCUT2D eigenvalue weighted by atomic mass is 35.5. The number of carbonyl (C=O) groups is 2. The van der Waals surface area contributed by atoms with Gasteiger partial charge in [0.2, 0.25) is 0 Å². The lowest BCUT2D eigenvalue weighted by molar-refractivity contribution is 0.0491. The Kier molecular flexibility index (Phi) is 6.63. The third-order valence-electron chi connectivity index (χ3n) is 3.90. The number of esters is 1. The highest BCUT2D eigenvalue weighted by Gasteiger charge is 2.27. The van der Waals surface area contributed by atoms with E-state index in [1.165, 1.54) is 7.11 Å². The van der Waals surface area contributed by atoms with Gasteiger partial charge in [-0.05, 0) is 46.5 Å². The summed E-state index contributed by atoms with van der Waals surface area (Å²) in [5, 5.41) is 13.9. The molecular formula is C17H25ClN4O4. The van der Waals surface area contributed by atoms with Crippen molar-refractivity contribution in [2.75, 3.05) is 12.4 Å². The number of anilines is 1. The van der Waals surface area contributed by atoms with Gasteiger partial charge in [-0.3, -0.25) is 0 Å². The Labute approximate surface area is 158 Å². The molecule has 2 N–H and O–H groups in total. The van der Waals surface area contributed by atoms with Crippen molar-refractivity contribution in [2.24, 2.45) is 0 Å². The van der Waals surface area contributed by atoms with Gasteiger partial charge in [0.15, 0.2) is 10.8 Å². The molecule has 1 heterocycles. The van der Waals surface area contributed by atoms with Crippen molar-refractivity contribution in [1.29, 1.82) is 0 Å². The molecule has 0 saturated heterocycles. The normalized spacial score (nSPS) is 20.2. The third-order valence-corrected chi connectivity index (χ3v) is 4.08. The molecule has 1 saturated carbocycles. The molecule has 2 atom stereocenters. The lowest BCUT2D eigenvalue weighted by Gasteiger charge is -2.31. The standard InChI is InChI=1S/C17H25ClN4O4/c1-17(2,3)26-16(24)20-11-7-5-6-10(8-11)19-12-9-13(18)21-22-14(12)15(23)25-4/h9-11H,5-8H2,1-4H3,(H,19,21)(H,20,24). The minimum absolute atomic E-state index is 0.0112. The second-order valence-electron chi connectivity index (χ2n) is 7.27. The van der Waals surface area contributed by atoms with E-state index >= 15 is 0 Å². The van der Waals surface area contributed by atoms with Crippen LogP contribution in [0.15, 0.2) is 6.07 Å². The monoisotopic (exact) mass is 384 g/mol. The zero-order chi connectivity index (χ0) is 19.3. The number of nitrogens with zero attached hydrogens (tertiary/aromatic N) is 2. The summed E-state index contributed by atoms with van der Waals surface area (Å²) >= 11 is 5.90. The molecule has 1 aliphatic rings. The van der Waals surface area contributed by atoms with Crippen LogP contribution in [0.25, 0.3) is 0 Å². The zero-order valence-corrected chi connectivity index (χ0v) is 16.2. The van der Waals surface area contributed by atoms with E-state index in [1.807, 2.05) is 20.8 Å². The molecule has 26 heavy (non-hydrogen) atoms. The molecule has 0 aliphatic heterocycles. The molecule has 1 aliphatic carbocycles. The van der Waals surface area contributed by atoms with Gasteiger partial charge in [0.05, 0.1) is 12.8 Å². The molecule has 1 aromatic heterocycles. The number of amides is 1. The van der Waals surface area contributed by atoms with E-state index in [0.29, 0.717) is 12.1 Å². The SMILES string of the molecule is COC(=O)c1nnc(Cl)cc1NC1CCCC(NC(=O)OC(C)(C)C)C1. The fourth-order valence-corrected chi connectivity index (χ4v) is 3.02. The fraction of sp³-hybridized carbons (Fsp3) is 0.647. The van der Waals surface area contributed by atoms with Gasteiger partial charge >= 0.3 is 12.1 Å². The van der Waals surface area contributed by atoms with Gasteiger partial charge in [-0.25, -0.2) is 9.59 Å². The second kappa shape index (κ2) is 8.53. The first-order valence-electron chi connectivity index (χ1n) is 8.55. The van der Waals surface area contributed by atoms with Crippen LogP contribution in [-0.4, -0.2) is 47.1 Å². The second-order valence-corrected chi connectivity index (χ2v) is 7.66. The van der Waals surface area contributed by atoms with Crippen LogP contribution in [0.5, 0.6) is 0 Å². The van der Waals surface area contributed by atoms with E-state index in [-0.39, 0.29) is 22.9 Å². The summed E-state index contributed by atoms with van der Waals surface area (Å²) in [6.45, 7) is 5.48. The third kappa shape index (κ3) is 6.01. The number of aromatic nitrogens is 2. The average Bonchev–Trinajstić information content (AvgIpc) is 2.52. The van der Waals surface area contributed by atoms with Gasteiger partial charge in [-0.2, -0.15) is 0 Å². The van der Waals surface area contributed by atoms with Crippen LogP contribution >= 0.6 is 11.6 Å². The van der Waals surface area contributed by atoms with Crippen LogP contribution in [0.2, 0.25) is 5.15 Å². The number of ether oxygens (including phenoxy) is 2.